The van der Waals surface area contributed by atoms with Crippen LogP contribution in [0.25, 0.3) is 0 Å². The molecule has 0 aliphatic carbocycles. The molecule has 0 spiro atoms. The van der Waals surface area contributed by atoms with Crippen LogP contribution in [0, 0.1) is 0 Å². The van der Waals surface area contributed by atoms with Crippen LogP contribution in [0.15, 0.2) is 33.1 Å². The molecule has 0 radical (unpaired) electrons. The average Bonchev–Trinajstić information content (AvgIpc) is 2.66. The van der Waals surface area contributed by atoms with Crippen molar-refractivity contribution in [3.63, 3.8) is 0 Å². The first-order valence-corrected chi connectivity index (χ1v) is 4.34. The summed E-state index contributed by atoms with van der Waals surface area (Å²) in [6.07, 6.45) is 0.863. The van der Waals surface area contributed by atoms with Crippen molar-refractivity contribution >= 4 is 15.9 Å². The van der Waals surface area contributed by atoms with E-state index in [1.807, 2.05) is 0 Å². The van der Waals surface area contributed by atoms with Crippen molar-refractivity contribution in [2.45, 2.75) is 6.17 Å². The van der Waals surface area contributed by atoms with Crippen molar-refractivity contribution in [3.05, 3.63) is 28.5 Å². The molecule has 0 saturated heterocycles. The van der Waals surface area contributed by atoms with Gasteiger partial charge in [-0.1, -0.05) is 5.22 Å². The van der Waals surface area contributed by atoms with Crippen molar-refractivity contribution < 1.29 is 4.11 Å². The van der Waals surface area contributed by atoms with Crippen molar-refractivity contribution in [1.82, 2.24) is 15.5 Å². The Kier molecular flexibility index (Phi) is 1.48. The molecule has 2 rings (SSSR count). The first kappa shape index (κ1) is 5.66. The van der Waals surface area contributed by atoms with E-state index >= 15 is 0 Å². The van der Waals surface area contributed by atoms with E-state index in [1.54, 1.807) is 18.3 Å². The Morgan fingerprint density at radius 2 is 2.62 bits per heavy atom. The van der Waals surface area contributed by atoms with Crippen molar-refractivity contribution in [2.24, 2.45) is 10.3 Å². The molecule has 0 aromatic carbocycles. The number of halogens is 1. The topological polar surface area (TPSA) is 52.9 Å². The van der Waals surface area contributed by atoms with Gasteiger partial charge in [-0.2, -0.15) is 5.01 Å². The molecule has 0 amide bonds. The van der Waals surface area contributed by atoms with Crippen molar-refractivity contribution in [3.8, 4) is 0 Å². The summed E-state index contributed by atoms with van der Waals surface area (Å²) in [5.74, 6) is 0. The van der Waals surface area contributed by atoms with E-state index in [0.29, 0.717) is 5.69 Å². The molecule has 68 valence electrons. The molecule has 1 aliphatic rings. The van der Waals surface area contributed by atoms with Crippen LogP contribution < -0.4 is 5.53 Å². The number of pyridine rings is 1. The summed E-state index contributed by atoms with van der Waals surface area (Å²) in [7, 11) is 0. The standard InChI is InChI=1S/C7H8BrN5/c1-13-7(10-11-12-13)6-3-2-5(8)4-9-6/h2-4,7H,1H3,(H,10,12)/i1D3. The zero-order valence-corrected chi connectivity index (χ0v) is 8.06. The summed E-state index contributed by atoms with van der Waals surface area (Å²) in [5.41, 5.74) is 2.86. The lowest BCUT2D eigenvalue weighted by Gasteiger charge is -2.13. The number of hydrogen-bond donors (Lipinski definition) is 1. The molecule has 0 bridgehead atoms. The Labute approximate surface area is 88.2 Å². The zero-order valence-electron chi connectivity index (χ0n) is 9.48. The van der Waals surface area contributed by atoms with E-state index in [9.17, 15) is 0 Å². The Morgan fingerprint density at radius 3 is 3.31 bits per heavy atom. The number of hydrazine groups is 1. The van der Waals surface area contributed by atoms with E-state index in [-0.39, 0.29) is 0 Å². The summed E-state index contributed by atoms with van der Waals surface area (Å²) >= 11 is 3.25. The highest BCUT2D eigenvalue weighted by Crippen LogP contribution is 2.21. The molecule has 1 aliphatic heterocycles. The third-order valence-corrected chi connectivity index (χ3v) is 2.05. The maximum atomic E-state index is 7.29. The fourth-order valence-electron chi connectivity index (χ4n) is 0.966. The molecule has 1 aromatic heterocycles. The predicted molar refractivity (Wildman–Crippen MR) is 50.4 cm³/mol. The summed E-state index contributed by atoms with van der Waals surface area (Å²) in [6, 6.07) is 3.47. The SMILES string of the molecule is [2H]C([2H])([2H])N1NN=NC1c1ccc(Br)cn1. The second kappa shape index (κ2) is 3.39. The van der Waals surface area contributed by atoms with Gasteiger partial charge in [-0.3, -0.25) is 4.98 Å². The molecule has 1 aromatic rings. The normalized spacial score (nSPS) is 26.2. The van der Waals surface area contributed by atoms with Gasteiger partial charge in [-0.25, -0.2) is 5.53 Å². The Hall–Kier alpha value is -1.01. The van der Waals surface area contributed by atoms with Crippen molar-refractivity contribution in [1.29, 1.82) is 0 Å². The third-order valence-electron chi connectivity index (χ3n) is 1.58. The van der Waals surface area contributed by atoms with E-state index in [4.69, 9.17) is 4.11 Å². The Bertz CT molecular complexity index is 403. The molecule has 5 nitrogen and oxygen atoms in total. The average molecular weight is 245 g/mol. The number of hydrogen-bond acceptors (Lipinski definition) is 5. The molecule has 13 heavy (non-hydrogen) atoms. The van der Waals surface area contributed by atoms with Gasteiger partial charge in [0.05, 0.1) is 5.69 Å². The first-order valence-electron chi connectivity index (χ1n) is 5.05. The van der Waals surface area contributed by atoms with Crippen LogP contribution in [0.3, 0.4) is 0 Å². The van der Waals surface area contributed by atoms with Crippen LogP contribution in [0.2, 0.25) is 0 Å². The Balaban J connectivity index is 2.26. The van der Waals surface area contributed by atoms with Gasteiger partial charge >= 0.3 is 0 Å². The predicted octanol–water partition coefficient (Wildman–Crippen LogP) is 1.66. The number of nitrogens with one attached hydrogen (secondary N) is 1. The van der Waals surface area contributed by atoms with Crippen molar-refractivity contribution in [2.75, 3.05) is 6.98 Å². The number of rotatable bonds is 1. The lowest BCUT2D eigenvalue weighted by atomic mass is 10.3. The number of aromatic nitrogens is 1. The van der Waals surface area contributed by atoms with Crippen LogP contribution in [0.1, 0.15) is 16.0 Å². The maximum absolute atomic E-state index is 7.29. The molecule has 2 heterocycles. The van der Waals surface area contributed by atoms with E-state index in [0.717, 1.165) is 9.48 Å². The maximum Gasteiger partial charge on any atom is 0.185 e. The van der Waals surface area contributed by atoms with E-state index in [1.165, 1.54) is 0 Å². The minimum absolute atomic E-state index is 0.521. The largest absolute Gasteiger partial charge is 0.256 e. The fraction of sp³-hybridized carbons (Fsp3) is 0.286. The van der Waals surface area contributed by atoms with Crippen LogP contribution in [0.5, 0.6) is 0 Å². The molecular formula is C7H8BrN5. The highest BCUT2D eigenvalue weighted by Gasteiger charge is 2.21. The van der Waals surface area contributed by atoms with Crippen LogP contribution >= 0.6 is 15.9 Å². The van der Waals surface area contributed by atoms with Gasteiger partial charge in [-0.05, 0) is 28.1 Å². The minimum atomic E-state index is -2.32. The summed E-state index contributed by atoms with van der Waals surface area (Å²) < 4.78 is 22.7. The lowest BCUT2D eigenvalue weighted by Crippen LogP contribution is -2.28. The van der Waals surface area contributed by atoms with Gasteiger partial charge in [0.2, 0.25) is 0 Å². The van der Waals surface area contributed by atoms with Gasteiger partial charge in [-0.15, -0.1) is 5.11 Å². The van der Waals surface area contributed by atoms with Gasteiger partial charge in [0.15, 0.2) is 6.17 Å². The van der Waals surface area contributed by atoms with Crippen LogP contribution in [-0.4, -0.2) is 17.0 Å². The molecule has 6 heteroatoms. The molecule has 0 fully saturated rings. The van der Waals surface area contributed by atoms with Gasteiger partial charge in [0, 0.05) is 21.8 Å². The Morgan fingerprint density at radius 1 is 1.69 bits per heavy atom. The third kappa shape index (κ3) is 1.68. The quantitative estimate of drug-likeness (QED) is 0.818. The highest BCUT2D eigenvalue weighted by atomic mass is 79.9. The summed E-state index contributed by atoms with van der Waals surface area (Å²) in [6.45, 7) is -2.32. The van der Waals surface area contributed by atoms with Gasteiger partial charge in [0.25, 0.3) is 0 Å². The molecule has 0 saturated carbocycles. The van der Waals surface area contributed by atoms with Crippen LogP contribution in [-0.2, 0) is 0 Å². The second-order valence-corrected chi connectivity index (χ2v) is 3.38. The molecule has 1 N–H and O–H groups in total. The molecule has 1 unspecified atom stereocenters. The molecular weight excluding hydrogens is 234 g/mol. The highest BCUT2D eigenvalue weighted by molar-refractivity contribution is 9.10. The number of nitrogens with zero attached hydrogens (tertiary/aromatic N) is 4. The summed E-state index contributed by atoms with van der Waals surface area (Å²) in [4.78, 5) is 4.09. The first-order chi connectivity index (χ1) is 7.48. The second-order valence-electron chi connectivity index (χ2n) is 2.46. The van der Waals surface area contributed by atoms with Gasteiger partial charge < -0.3 is 0 Å². The minimum Gasteiger partial charge on any atom is -0.256 e. The van der Waals surface area contributed by atoms with E-state index < -0.39 is 13.1 Å². The lowest BCUT2D eigenvalue weighted by molar-refractivity contribution is 0.219. The molecule has 1 atom stereocenters. The van der Waals surface area contributed by atoms with Gasteiger partial charge in [0.1, 0.15) is 0 Å². The smallest absolute Gasteiger partial charge is 0.185 e. The fourth-order valence-corrected chi connectivity index (χ4v) is 1.20. The summed E-state index contributed by atoms with van der Waals surface area (Å²) in [5, 5.41) is 8.26. The monoisotopic (exact) mass is 244 g/mol. The van der Waals surface area contributed by atoms with Crippen LogP contribution in [0.4, 0.5) is 0 Å². The van der Waals surface area contributed by atoms with E-state index in [2.05, 4.69) is 36.8 Å². The zero-order chi connectivity index (χ0) is 11.8.